The van der Waals surface area contributed by atoms with Crippen LogP contribution in [0.5, 0.6) is 0 Å². The highest BCUT2D eigenvalue weighted by molar-refractivity contribution is 7.13. The van der Waals surface area contributed by atoms with Gasteiger partial charge >= 0.3 is 0 Å². The Labute approximate surface area is 143 Å². The van der Waals surface area contributed by atoms with Gasteiger partial charge in [0.2, 0.25) is 0 Å². The second-order valence-electron chi connectivity index (χ2n) is 5.58. The number of halogens is 1. The van der Waals surface area contributed by atoms with Crippen LogP contribution in [0.15, 0.2) is 60.1 Å². The number of nitrogens with one attached hydrogen (secondary N) is 1. The van der Waals surface area contributed by atoms with Gasteiger partial charge in [0, 0.05) is 11.9 Å². The van der Waals surface area contributed by atoms with Crippen LogP contribution in [0.4, 0.5) is 0 Å². The zero-order valence-electron chi connectivity index (χ0n) is 12.3. The average Bonchev–Trinajstić information content (AvgIpc) is 3.21. The van der Waals surface area contributed by atoms with E-state index in [2.05, 4.69) is 9.88 Å². The molecule has 1 N–H and O–H groups in total. The maximum Gasteiger partial charge on any atom is 0.254 e. The number of carbonyl (C=O) groups excluding carboxylic acids is 1. The minimum atomic E-state index is -0.152. The van der Waals surface area contributed by atoms with Gasteiger partial charge in [0.25, 0.3) is 5.91 Å². The van der Waals surface area contributed by atoms with Crippen LogP contribution in [0.3, 0.4) is 0 Å². The Hall–Kier alpha value is -2.04. The second kappa shape index (κ2) is 5.87. The Bertz CT molecular complexity index is 840. The Balaban J connectivity index is 1.68. The Morgan fingerprint density at radius 3 is 2.83 bits per heavy atom. The van der Waals surface area contributed by atoms with Crippen LogP contribution in [-0.2, 0) is 0 Å². The average molecular weight is 343 g/mol. The van der Waals surface area contributed by atoms with Crippen LogP contribution in [0.2, 0.25) is 0 Å². The van der Waals surface area contributed by atoms with Gasteiger partial charge in [-0.2, -0.15) is 0 Å². The molecular formula is C18H15ClN2OS. The van der Waals surface area contributed by atoms with Crippen molar-refractivity contribution in [3.8, 4) is 5.00 Å². The highest BCUT2D eigenvalue weighted by atomic mass is 35.5. The molecule has 3 nitrogen and oxygen atoms in total. The predicted molar refractivity (Wildman–Crippen MR) is 93.5 cm³/mol. The van der Waals surface area contributed by atoms with Crippen molar-refractivity contribution in [2.45, 2.75) is 17.8 Å². The van der Waals surface area contributed by atoms with Crippen LogP contribution >= 0.6 is 22.9 Å². The summed E-state index contributed by atoms with van der Waals surface area (Å²) < 4.78 is 2.09. The molecule has 2 aromatic heterocycles. The number of hydrogen-bond donors (Lipinski definition) is 1. The summed E-state index contributed by atoms with van der Waals surface area (Å²) >= 11 is 8.18. The quantitative estimate of drug-likeness (QED) is 0.688. The van der Waals surface area contributed by atoms with Crippen molar-refractivity contribution in [3.63, 3.8) is 0 Å². The van der Waals surface area contributed by atoms with Crippen molar-refractivity contribution >= 4 is 28.8 Å². The van der Waals surface area contributed by atoms with Crippen molar-refractivity contribution in [1.82, 2.24) is 9.88 Å². The van der Waals surface area contributed by atoms with Gasteiger partial charge in [-0.1, -0.05) is 30.3 Å². The number of alkyl halides is 1. The van der Waals surface area contributed by atoms with Gasteiger partial charge in [0.1, 0.15) is 5.00 Å². The van der Waals surface area contributed by atoms with E-state index in [4.69, 9.17) is 11.6 Å². The standard InChI is InChI=1S/C18H15ClN2OS/c19-14(12-5-2-1-3-6-12)11-15-16-7-4-9-21(16)18-13(8-10-23-18)17(22)20-15/h1-10,14-15H,11H2,(H,20,22). The molecule has 0 spiro atoms. The maximum absolute atomic E-state index is 12.5. The predicted octanol–water partition coefficient (Wildman–Crippen LogP) is 4.69. The number of carbonyl (C=O) groups is 1. The number of thiophene rings is 1. The van der Waals surface area contributed by atoms with Gasteiger partial charge in [0.05, 0.1) is 17.0 Å². The summed E-state index contributed by atoms with van der Waals surface area (Å²) in [5.74, 6) is -0.0353. The van der Waals surface area contributed by atoms with Gasteiger partial charge in [-0.15, -0.1) is 22.9 Å². The lowest BCUT2D eigenvalue weighted by Gasteiger charge is -2.20. The van der Waals surface area contributed by atoms with E-state index in [9.17, 15) is 4.79 Å². The topological polar surface area (TPSA) is 34.0 Å². The molecule has 2 unspecified atom stereocenters. The van der Waals surface area contributed by atoms with E-state index >= 15 is 0 Å². The zero-order valence-corrected chi connectivity index (χ0v) is 13.8. The van der Waals surface area contributed by atoms with Gasteiger partial charge in [-0.25, -0.2) is 0 Å². The number of amides is 1. The summed E-state index contributed by atoms with van der Waals surface area (Å²) in [6.07, 6.45) is 2.65. The third-order valence-electron chi connectivity index (χ3n) is 4.15. The van der Waals surface area contributed by atoms with E-state index in [-0.39, 0.29) is 17.3 Å². The van der Waals surface area contributed by atoms with E-state index in [1.807, 2.05) is 60.1 Å². The summed E-state index contributed by atoms with van der Waals surface area (Å²) in [7, 11) is 0. The fourth-order valence-electron chi connectivity index (χ4n) is 3.02. The van der Waals surface area contributed by atoms with E-state index in [0.717, 1.165) is 21.8 Å². The monoisotopic (exact) mass is 342 g/mol. The van der Waals surface area contributed by atoms with Crippen LogP contribution in [0.25, 0.3) is 5.00 Å². The summed E-state index contributed by atoms with van der Waals surface area (Å²) in [6.45, 7) is 0. The largest absolute Gasteiger partial charge is 0.344 e. The van der Waals surface area contributed by atoms with Crippen molar-refractivity contribution in [2.75, 3.05) is 0 Å². The number of rotatable bonds is 3. The van der Waals surface area contributed by atoms with Gasteiger partial charge in [0.15, 0.2) is 0 Å². The number of fused-ring (bicyclic) bond motifs is 3. The van der Waals surface area contributed by atoms with E-state index in [0.29, 0.717) is 6.42 Å². The molecule has 1 aliphatic heterocycles. The number of aromatic nitrogens is 1. The Kier molecular flexibility index (Phi) is 3.71. The number of benzene rings is 1. The lowest BCUT2D eigenvalue weighted by atomic mass is 10.0. The van der Waals surface area contributed by atoms with Gasteiger partial charge in [-0.05, 0) is 35.6 Å². The molecule has 1 aromatic carbocycles. The molecule has 0 radical (unpaired) electrons. The smallest absolute Gasteiger partial charge is 0.254 e. The summed E-state index contributed by atoms with van der Waals surface area (Å²) in [5.41, 5.74) is 2.86. The lowest BCUT2D eigenvalue weighted by Crippen LogP contribution is -2.28. The van der Waals surface area contributed by atoms with Crippen LogP contribution in [-0.4, -0.2) is 10.5 Å². The third kappa shape index (κ3) is 2.58. The minimum Gasteiger partial charge on any atom is -0.344 e. The lowest BCUT2D eigenvalue weighted by molar-refractivity contribution is 0.0937. The number of nitrogens with zero attached hydrogens (tertiary/aromatic N) is 1. The highest BCUT2D eigenvalue weighted by Gasteiger charge is 2.28. The molecule has 2 atom stereocenters. The zero-order chi connectivity index (χ0) is 15.8. The molecule has 0 aliphatic carbocycles. The van der Waals surface area contributed by atoms with Crippen molar-refractivity contribution in [2.24, 2.45) is 0 Å². The van der Waals surface area contributed by atoms with Gasteiger partial charge in [-0.3, -0.25) is 4.79 Å². The van der Waals surface area contributed by atoms with Crippen LogP contribution in [0, 0.1) is 0 Å². The molecule has 23 heavy (non-hydrogen) atoms. The third-order valence-corrected chi connectivity index (χ3v) is 5.50. The summed E-state index contributed by atoms with van der Waals surface area (Å²) in [4.78, 5) is 12.5. The molecule has 3 heterocycles. The van der Waals surface area contributed by atoms with Crippen LogP contribution < -0.4 is 5.32 Å². The summed E-state index contributed by atoms with van der Waals surface area (Å²) in [6, 6.07) is 15.8. The SMILES string of the molecule is O=C1NC(CC(Cl)c2ccccc2)c2cccn2-c2sccc21. The normalized spacial score (nSPS) is 17.8. The van der Waals surface area contributed by atoms with Crippen molar-refractivity contribution in [1.29, 1.82) is 0 Å². The molecular weight excluding hydrogens is 328 g/mol. The van der Waals surface area contributed by atoms with E-state index < -0.39 is 0 Å². The molecule has 0 bridgehead atoms. The molecule has 0 saturated carbocycles. The number of hydrogen-bond acceptors (Lipinski definition) is 2. The van der Waals surface area contributed by atoms with E-state index in [1.54, 1.807) is 11.3 Å². The maximum atomic E-state index is 12.5. The first kappa shape index (κ1) is 14.5. The molecule has 0 saturated heterocycles. The Morgan fingerprint density at radius 1 is 1.17 bits per heavy atom. The Morgan fingerprint density at radius 2 is 2.00 bits per heavy atom. The minimum absolute atomic E-state index is 0.0353. The molecule has 1 amide bonds. The fourth-order valence-corrected chi connectivity index (χ4v) is 4.24. The molecule has 5 heteroatoms. The molecule has 4 rings (SSSR count). The molecule has 3 aromatic rings. The highest BCUT2D eigenvalue weighted by Crippen LogP contribution is 2.36. The first-order valence-electron chi connectivity index (χ1n) is 7.49. The van der Waals surface area contributed by atoms with Crippen molar-refractivity contribution in [3.05, 3.63) is 76.9 Å². The molecule has 0 fully saturated rings. The van der Waals surface area contributed by atoms with Crippen LogP contribution in [0.1, 0.15) is 39.5 Å². The second-order valence-corrected chi connectivity index (χ2v) is 7.00. The molecule has 1 aliphatic rings. The fraction of sp³-hybridized carbons (Fsp3) is 0.167. The van der Waals surface area contributed by atoms with E-state index in [1.165, 1.54) is 0 Å². The van der Waals surface area contributed by atoms with Gasteiger partial charge < -0.3 is 9.88 Å². The summed E-state index contributed by atoms with van der Waals surface area (Å²) in [5, 5.41) is 5.89. The molecule has 116 valence electrons. The first-order valence-corrected chi connectivity index (χ1v) is 8.80. The first-order chi connectivity index (χ1) is 11.2. The van der Waals surface area contributed by atoms with Crippen molar-refractivity contribution < 1.29 is 4.79 Å².